The Morgan fingerprint density at radius 1 is 1.06 bits per heavy atom. The Balaban J connectivity index is 1.61. The largest absolute Gasteiger partial charge is 0.497 e. The quantitative estimate of drug-likeness (QED) is 0.560. The van der Waals surface area contributed by atoms with Crippen LogP contribution in [0.25, 0.3) is 0 Å². The third-order valence-electron chi connectivity index (χ3n) is 6.09. The molecule has 2 heterocycles. The van der Waals surface area contributed by atoms with Crippen LogP contribution >= 0.6 is 0 Å². The Kier molecular flexibility index (Phi) is 8.22. The lowest BCUT2D eigenvalue weighted by atomic mass is 9.73. The molecule has 1 fully saturated rings. The highest BCUT2D eigenvalue weighted by atomic mass is 16.5. The zero-order valence-electron chi connectivity index (χ0n) is 19.3. The van der Waals surface area contributed by atoms with Crippen LogP contribution in [0.5, 0.6) is 5.75 Å². The highest BCUT2D eigenvalue weighted by Gasteiger charge is 2.43. The summed E-state index contributed by atoms with van der Waals surface area (Å²) in [7, 11) is 3.57. The van der Waals surface area contributed by atoms with Crippen molar-refractivity contribution < 1.29 is 19.1 Å². The van der Waals surface area contributed by atoms with Gasteiger partial charge in [0.1, 0.15) is 5.75 Å². The van der Waals surface area contributed by atoms with Crippen molar-refractivity contribution in [3.63, 3.8) is 0 Å². The van der Waals surface area contributed by atoms with Crippen LogP contribution in [0.1, 0.15) is 30.9 Å². The van der Waals surface area contributed by atoms with Crippen LogP contribution in [0.3, 0.4) is 0 Å². The van der Waals surface area contributed by atoms with E-state index in [1.54, 1.807) is 19.5 Å². The minimum absolute atomic E-state index is 0.0865. The van der Waals surface area contributed by atoms with Gasteiger partial charge >= 0.3 is 5.97 Å². The van der Waals surface area contributed by atoms with Crippen LogP contribution in [-0.4, -0.2) is 67.1 Å². The first-order chi connectivity index (χ1) is 15.5. The van der Waals surface area contributed by atoms with E-state index >= 15 is 0 Å². The van der Waals surface area contributed by atoms with E-state index in [1.807, 2.05) is 60.2 Å². The molecule has 0 atom stereocenters. The molecule has 0 N–H and O–H groups in total. The molecule has 0 bridgehead atoms. The Labute approximate surface area is 190 Å². The third kappa shape index (κ3) is 6.07. The molecule has 1 aromatic heterocycles. The number of carbonyl (C=O) groups excluding carboxylic acids is 2. The number of methoxy groups -OCH3 is 1. The van der Waals surface area contributed by atoms with Crippen molar-refractivity contribution in [2.45, 2.75) is 32.7 Å². The summed E-state index contributed by atoms with van der Waals surface area (Å²) in [6.07, 6.45) is 5.30. The number of rotatable bonds is 9. The van der Waals surface area contributed by atoms with Crippen molar-refractivity contribution in [3.8, 4) is 5.75 Å². The number of pyridine rings is 1. The molecule has 0 radical (unpaired) electrons. The Morgan fingerprint density at radius 2 is 1.72 bits per heavy atom. The van der Waals surface area contributed by atoms with Crippen LogP contribution in [0.2, 0.25) is 0 Å². The molecule has 7 heteroatoms. The van der Waals surface area contributed by atoms with E-state index in [0.29, 0.717) is 52.0 Å². The van der Waals surface area contributed by atoms with Gasteiger partial charge in [0, 0.05) is 32.0 Å². The van der Waals surface area contributed by atoms with Crippen LogP contribution in [0.15, 0.2) is 48.8 Å². The van der Waals surface area contributed by atoms with E-state index < -0.39 is 5.41 Å². The first-order valence-electron chi connectivity index (χ1n) is 11.1. The lowest BCUT2D eigenvalue weighted by Crippen LogP contribution is -2.50. The summed E-state index contributed by atoms with van der Waals surface area (Å²) < 4.78 is 10.7. The number of aromatic nitrogens is 1. The van der Waals surface area contributed by atoms with Crippen molar-refractivity contribution in [3.05, 3.63) is 59.9 Å². The van der Waals surface area contributed by atoms with E-state index in [-0.39, 0.29) is 11.9 Å². The number of carbonyl (C=O) groups is 2. The molecule has 3 rings (SSSR count). The molecule has 0 unspecified atom stereocenters. The van der Waals surface area contributed by atoms with Crippen LogP contribution < -0.4 is 4.74 Å². The number of benzene rings is 1. The second kappa shape index (κ2) is 11.1. The number of ether oxygens (including phenoxy) is 2. The first-order valence-corrected chi connectivity index (χ1v) is 11.1. The standard InChI is InChI=1S/C25H33N3O4/c1-4-32-24(30)25(17-20-5-7-22(31-3)8-6-20)11-15-28(16-12-25)23(29)19-27(2)18-21-9-13-26-14-10-21/h5-10,13-14H,4,11-12,15-19H2,1-3H3. The number of likely N-dealkylation sites (N-methyl/N-ethyl adjacent to an activating group) is 1. The fourth-order valence-electron chi connectivity index (χ4n) is 4.24. The number of hydrogen-bond donors (Lipinski definition) is 0. The fraction of sp³-hybridized carbons (Fsp3) is 0.480. The third-order valence-corrected chi connectivity index (χ3v) is 6.09. The summed E-state index contributed by atoms with van der Waals surface area (Å²) in [5.41, 5.74) is 1.58. The van der Waals surface area contributed by atoms with Gasteiger partial charge in [0.15, 0.2) is 0 Å². The Hall–Kier alpha value is -2.93. The number of esters is 1. The van der Waals surface area contributed by atoms with E-state index in [4.69, 9.17) is 9.47 Å². The molecule has 1 amide bonds. The molecule has 0 spiro atoms. The van der Waals surface area contributed by atoms with Crippen LogP contribution in [0.4, 0.5) is 0 Å². The predicted octanol–water partition coefficient (Wildman–Crippen LogP) is 2.94. The fourth-order valence-corrected chi connectivity index (χ4v) is 4.24. The van der Waals surface area contributed by atoms with Crippen molar-refractivity contribution in [1.82, 2.24) is 14.8 Å². The second-order valence-corrected chi connectivity index (χ2v) is 8.43. The van der Waals surface area contributed by atoms with Gasteiger partial charge in [0.25, 0.3) is 0 Å². The predicted molar refractivity (Wildman–Crippen MR) is 122 cm³/mol. The zero-order valence-corrected chi connectivity index (χ0v) is 19.3. The van der Waals surface area contributed by atoms with Gasteiger partial charge in [-0.3, -0.25) is 19.5 Å². The molecule has 1 aliphatic rings. The molecule has 32 heavy (non-hydrogen) atoms. The molecule has 1 saturated heterocycles. The van der Waals surface area contributed by atoms with E-state index in [0.717, 1.165) is 16.9 Å². The van der Waals surface area contributed by atoms with Crippen molar-refractivity contribution in [2.24, 2.45) is 5.41 Å². The monoisotopic (exact) mass is 439 g/mol. The van der Waals surface area contributed by atoms with Gasteiger partial charge in [-0.2, -0.15) is 0 Å². The smallest absolute Gasteiger partial charge is 0.312 e. The van der Waals surface area contributed by atoms with Crippen LogP contribution in [-0.2, 0) is 27.3 Å². The number of hydrogen-bond acceptors (Lipinski definition) is 6. The van der Waals surface area contributed by atoms with Gasteiger partial charge in [-0.05, 0) is 68.6 Å². The number of likely N-dealkylation sites (tertiary alicyclic amines) is 1. The summed E-state index contributed by atoms with van der Waals surface area (Å²) >= 11 is 0. The highest BCUT2D eigenvalue weighted by Crippen LogP contribution is 2.37. The maximum absolute atomic E-state index is 12.9. The molecule has 7 nitrogen and oxygen atoms in total. The molecule has 2 aromatic rings. The summed E-state index contributed by atoms with van der Waals surface area (Å²) in [5, 5.41) is 0. The summed E-state index contributed by atoms with van der Waals surface area (Å²) in [6.45, 7) is 4.31. The van der Waals surface area contributed by atoms with E-state index in [1.165, 1.54) is 0 Å². The average molecular weight is 440 g/mol. The maximum Gasteiger partial charge on any atom is 0.312 e. The molecule has 0 aliphatic carbocycles. The molecule has 172 valence electrons. The Bertz CT molecular complexity index is 878. The molecular formula is C25H33N3O4. The van der Waals surface area contributed by atoms with Crippen molar-refractivity contribution >= 4 is 11.9 Å². The molecular weight excluding hydrogens is 406 g/mol. The van der Waals surface area contributed by atoms with Gasteiger partial charge < -0.3 is 14.4 Å². The second-order valence-electron chi connectivity index (χ2n) is 8.43. The molecule has 0 saturated carbocycles. The normalized spacial score (nSPS) is 15.4. The highest BCUT2D eigenvalue weighted by molar-refractivity contribution is 5.80. The minimum atomic E-state index is -0.607. The average Bonchev–Trinajstić information content (AvgIpc) is 2.80. The van der Waals surface area contributed by atoms with Gasteiger partial charge in [-0.1, -0.05) is 12.1 Å². The minimum Gasteiger partial charge on any atom is -0.497 e. The summed E-state index contributed by atoms with van der Waals surface area (Å²) in [5.74, 6) is 0.705. The van der Waals surface area contributed by atoms with Gasteiger partial charge in [-0.25, -0.2) is 0 Å². The van der Waals surface area contributed by atoms with Crippen molar-refractivity contribution in [1.29, 1.82) is 0 Å². The van der Waals surface area contributed by atoms with E-state index in [2.05, 4.69) is 4.98 Å². The first kappa shape index (κ1) is 23.7. The Morgan fingerprint density at radius 3 is 2.31 bits per heavy atom. The van der Waals surface area contributed by atoms with Gasteiger partial charge in [0.2, 0.25) is 5.91 Å². The SMILES string of the molecule is CCOC(=O)C1(Cc2ccc(OC)cc2)CCN(C(=O)CN(C)Cc2ccncc2)CC1. The topological polar surface area (TPSA) is 72.0 Å². The lowest BCUT2D eigenvalue weighted by molar-refractivity contribution is -0.160. The van der Waals surface area contributed by atoms with Gasteiger partial charge in [0.05, 0.1) is 25.7 Å². The van der Waals surface area contributed by atoms with Gasteiger partial charge in [-0.15, -0.1) is 0 Å². The number of piperidine rings is 1. The van der Waals surface area contributed by atoms with Crippen molar-refractivity contribution in [2.75, 3.05) is 40.4 Å². The van der Waals surface area contributed by atoms with E-state index in [9.17, 15) is 9.59 Å². The lowest BCUT2D eigenvalue weighted by Gasteiger charge is -2.40. The maximum atomic E-state index is 12.9. The number of nitrogens with zero attached hydrogens (tertiary/aromatic N) is 3. The summed E-state index contributed by atoms with van der Waals surface area (Å²) in [6, 6.07) is 11.7. The van der Waals surface area contributed by atoms with Crippen LogP contribution in [0, 0.1) is 5.41 Å². The zero-order chi connectivity index (χ0) is 23.0. The summed E-state index contributed by atoms with van der Waals surface area (Å²) in [4.78, 5) is 33.7. The number of amides is 1. The molecule has 1 aromatic carbocycles. The molecule has 1 aliphatic heterocycles.